The van der Waals surface area contributed by atoms with Crippen molar-refractivity contribution in [3.8, 4) is 22.6 Å². The van der Waals surface area contributed by atoms with Crippen molar-refractivity contribution in [1.29, 1.82) is 0 Å². The molecular weight excluding hydrogens is 285 g/mol. The zero-order chi connectivity index (χ0) is 15.5. The van der Waals surface area contributed by atoms with E-state index in [0.717, 1.165) is 0 Å². The van der Waals surface area contributed by atoms with Crippen molar-refractivity contribution in [2.75, 3.05) is 19.5 Å². The van der Waals surface area contributed by atoms with Gasteiger partial charge in [0.25, 0.3) is 0 Å². The summed E-state index contributed by atoms with van der Waals surface area (Å²) in [6.07, 6.45) is -1.42. The fraction of sp³-hybridized carbons (Fsp3) is 0.214. The van der Waals surface area contributed by atoms with E-state index in [4.69, 9.17) is 15.2 Å². The normalized spacial score (nSPS) is 11.2. The van der Waals surface area contributed by atoms with Gasteiger partial charge in [0.15, 0.2) is 6.61 Å². The molecule has 0 radical (unpaired) electrons. The molecule has 2 rings (SSSR count). The van der Waals surface area contributed by atoms with Crippen LogP contribution in [0.15, 0.2) is 36.7 Å². The monoisotopic (exact) mass is 298 g/mol. The molecule has 0 atom stereocenters. The number of nitrogens with two attached hydrogens (primary N) is 1. The van der Waals surface area contributed by atoms with Crippen LogP contribution in [0.25, 0.3) is 11.1 Å². The van der Waals surface area contributed by atoms with E-state index in [-0.39, 0.29) is 5.75 Å². The van der Waals surface area contributed by atoms with Gasteiger partial charge >= 0.3 is 6.18 Å². The number of alkyl halides is 3. The molecule has 0 aliphatic rings. The van der Waals surface area contributed by atoms with Gasteiger partial charge in [-0.25, -0.2) is 0 Å². The molecular formula is C14H13F3N2O2. The number of nitrogens with zero attached hydrogens (tertiary/aromatic N) is 1. The number of hydrogen-bond donors (Lipinski definition) is 1. The van der Waals surface area contributed by atoms with E-state index in [1.807, 2.05) is 0 Å². The predicted octanol–water partition coefficient (Wildman–Crippen LogP) is 3.28. The van der Waals surface area contributed by atoms with E-state index < -0.39 is 12.8 Å². The first-order valence-electron chi connectivity index (χ1n) is 5.97. The highest BCUT2D eigenvalue weighted by atomic mass is 19.4. The summed E-state index contributed by atoms with van der Waals surface area (Å²) in [7, 11) is 1.48. The lowest BCUT2D eigenvalue weighted by molar-refractivity contribution is -0.153. The average molecular weight is 298 g/mol. The number of pyridine rings is 1. The molecule has 0 amide bonds. The quantitative estimate of drug-likeness (QED) is 0.880. The second kappa shape index (κ2) is 5.90. The Bertz CT molecular complexity index is 630. The van der Waals surface area contributed by atoms with Crippen LogP contribution in [0.4, 0.5) is 18.9 Å². The number of benzene rings is 1. The van der Waals surface area contributed by atoms with Gasteiger partial charge < -0.3 is 15.2 Å². The van der Waals surface area contributed by atoms with Crippen LogP contribution in [0.5, 0.6) is 11.5 Å². The Morgan fingerprint density at radius 1 is 1.19 bits per heavy atom. The van der Waals surface area contributed by atoms with Crippen molar-refractivity contribution in [2.45, 2.75) is 6.18 Å². The molecule has 0 fully saturated rings. The molecule has 0 saturated carbocycles. The second-order valence-corrected chi connectivity index (χ2v) is 4.27. The van der Waals surface area contributed by atoms with E-state index >= 15 is 0 Å². The van der Waals surface area contributed by atoms with Gasteiger partial charge in [0.05, 0.1) is 13.3 Å². The minimum atomic E-state index is -4.42. The number of anilines is 1. The highest BCUT2D eigenvalue weighted by Gasteiger charge is 2.29. The first-order chi connectivity index (χ1) is 9.89. The van der Waals surface area contributed by atoms with Gasteiger partial charge in [-0.15, -0.1) is 0 Å². The van der Waals surface area contributed by atoms with Crippen LogP contribution in [0.3, 0.4) is 0 Å². The zero-order valence-corrected chi connectivity index (χ0v) is 11.1. The standard InChI is InChI=1S/C14H13F3N2O2/c1-20-11-4-9(6-19-7-11)12-3-2-10(18)5-13(12)21-8-14(15,16)17/h2-7H,8,18H2,1H3. The number of ether oxygens (including phenoxy) is 2. The Kier molecular flexibility index (Phi) is 4.21. The number of hydrogen-bond acceptors (Lipinski definition) is 4. The first-order valence-corrected chi connectivity index (χ1v) is 5.97. The van der Waals surface area contributed by atoms with Crippen LogP contribution in [0.1, 0.15) is 0 Å². The Hall–Kier alpha value is -2.44. The molecule has 0 unspecified atom stereocenters. The average Bonchev–Trinajstić information content (AvgIpc) is 2.44. The summed E-state index contributed by atoms with van der Waals surface area (Å²) >= 11 is 0. The lowest BCUT2D eigenvalue weighted by Gasteiger charge is -2.14. The van der Waals surface area contributed by atoms with Gasteiger partial charge in [-0.3, -0.25) is 4.98 Å². The predicted molar refractivity (Wildman–Crippen MR) is 72.2 cm³/mol. The van der Waals surface area contributed by atoms with E-state index in [9.17, 15) is 13.2 Å². The van der Waals surface area contributed by atoms with Crippen molar-refractivity contribution in [3.63, 3.8) is 0 Å². The lowest BCUT2D eigenvalue weighted by atomic mass is 10.1. The third-order valence-corrected chi connectivity index (χ3v) is 2.66. The Morgan fingerprint density at radius 3 is 2.62 bits per heavy atom. The minimum absolute atomic E-state index is 0.0439. The fourth-order valence-electron chi connectivity index (χ4n) is 1.73. The fourth-order valence-corrected chi connectivity index (χ4v) is 1.73. The number of halogens is 3. The lowest BCUT2D eigenvalue weighted by Crippen LogP contribution is -2.19. The number of nitrogen functional groups attached to an aromatic ring is 1. The molecule has 0 aliphatic carbocycles. The van der Waals surface area contributed by atoms with Gasteiger partial charge in [-0.2, -0.15) is 13.2 Å². The SMILES string of the molecule is COc1cncc(-c2ccc(N)cc2OCC(F)(F)F)c1. The number of methoxy groups -OCH3 is 1. The van der Waals surface area contributed by atoms with E-state index in [1.54, 1.807) is 18.2 Å². The summed E-state index contributed by atoms with van der Waals surface area (Å²) in [6, 6.07) is 6.16. The molecule has 0 saturated heterocycles. The van der Waals surface area contributed by atoms with Gasteiger partial charge in [-0.05, 0) is 18.2 Å². The van der Waals surface area contributed by atoms with Gasteiger partial charge in [-0.1, -0.05) is 0 Å². The molecule has 2 aromatic rings. The Labute approximate surface area is 119 Å². The van der Waals surface area contributed by atoms with Crippen LogP contribution in [0.2, 0.25) is 0 Å². The summed E-state index contributed by atoms with van der Waals surface area (Å²) < 4.78 is 46.8. The molecule has 1 aromatic heterocycles. The molecule has 112 valence electrons. The van der Waals surface area contributed by atoms with Gasteiger partial charge in [0.1, 0.15) is 11.5 Å². The number of rotatable bonds is 4. The molecule has 7 heteroatoms. The van der Waals surface area contributed by atoms with Crippen molar-refractivity contribution in [2.24, 2.45) is 0 Å². The summed E-state index contributed by atoms with van der Waals surface area (Å²) in [5.74, 6) is 0.536. The van der Waals surface area contributed by atoms with Gasteiger partial charge in [0.2, 0.25) is 0 Å². The number of aromatic nitrogens is 1. The largest absolute Gasteiger partial charge is 0.495 e. The van der Waals surface area contributed by atoms with Crippen LogP contribution >= 0.6 is 0 Å². The van der Waals surface area contributed by atoms with E-state index in [1.165, 1.54) is 25.6 Å². The summed E-state index contributed by atoms with van der Waals surface area (Å²) in [6.45, 7) is -1.39. The Morgan fingerprint density at radius 2 is 1.95 bits per heavy atom. The molecule has 0 aliphatic heterocycles. The van der Waals surface area contributed by atoms with Crippen molar-refractivity contribution >= 4 is 5.69 Å². The van der Waals surface area contributed by atoms with Gasteiger partial charge in [0, 0.05) is 29.1 Å². The highest BCUT2D eigenvalue weighted by molar-refractivity contribution is 5.73. The molecule has 0 bridgehead atoms. The molecule has 21 heavy (non-hydrogen) atoms. The Balaban J connectivity index is 2.38. The summed E-state index contributed by atoms with van der Waals surface area (Å²) in [4.78, 5) is 3.97. The van der Waals surface area contributed by atoms with Crippen molar-refractivity contribution in [1.82, 2.24) is 4.98 Å². The molecule has 4 nitrogen and oxygen atoms in total. The third kappa shape index (κ3) is 4.01. The molecule has 1 aromatic carbocycles. The maximum atomic E-state index is 12.3. The summed E-state index contributed by atoms with van der Waals surface area (Å²) in [5, 5.41) is 0. The van der Waals surface area contributed by atoms with E-state index in [0.29, 0.717) is 22.6 Å². The van der Waals surface area contributed by atoms with Crippen LogP contribution in [-0.4, -0.2) is 24.9 Å². The highest BCUT2D eigenvalue weighted by Crippen LogP contribution is 2.34. The second-order valence-electron chi connectivity index (χ2n) is 4.27. The van der Waals surface area contributed by atoms with Crippen LogP contribution < -0.4 is 15.2 Å². The topological polar surface area (TPSA) is 57.4 Å². The molecule has 2 N–H and O–H groups in total. The summed E-state index contributed by atoms with van der Waals surface area (Å²) in [5.41, 5.74) is 6.94. The molecule has 0 spiro atoms. The maximum absolute atomic E-state index is 12.3. The maximum Gasteiger partial charge on any atom is 0.422 e. The van der Waals surface area contributed by atoms with Crippen molar-refractivity contribution in [3.05, 3.63) is 36.7 Å². The zero-order valence-electron chi connectivity index (χ0n) is 11.1. The van der Waals surface area contributed by atoms with Crippen LogP contribution in [-0.2, 0) is 0 Å². The third-order valence-electron chi connectivity index (χ3n) is 2.66. The minimum Gasteiger partial charge on any atom is -0.495 e. The smallest absolute Gasteiger partial charge is 0.422 e. The molecule has 1 heterocycles. The van der Waals surface area contributed by atoms with Crippen molar-refractivity contribution < 1.29 is 22.6 Å². The first kappa shape index (κ1) is 15.0. The van der Waals surface area contributed by atoms with Crippen LogP contribution in [0, 0.1) is 0 Å². The van der Waals surface area contributed by atoms with E-state index in [2.05, 4.69) is 4.98 Å².